The number of carbonyl (C=O) groups excluding carboxylic acids is 1. The Morgan fingerprint density at radius 1 is 1.33 bits per heavy atom. The van der Waals surface area contributed by atoms with Crippen LogP contribution in [-0.4, -0.2) is 65.4 Å². The van der Waals surface area contributed by atoms with Gasteiger partial charge < -0.3 is 24.6 Å². The Morgan fingerprint density at radius 2 is 2.15 bits per heavy atom. The lowest BCUT2D eigenvalue weighted by molar-refractivity contribution is -0.120. The van der Waals surface area contributed by atoms with Gasteiger partial charge in [-0.1, -0.05) is 0 Å². The van der Waals surface area contributed by atoms with Crippen molar-refractivity contribution in [3.63, 3.8) is 0 Å². The Balaban J connectivity index is 0.00000306. The first-order chi connectivity index (χ1) is 15.5. The van der Waals surface area contributed by atoms with E-state index in [0.717, 1.165) is 41.7 Å². The number of benzene rings is 1. The summed E-state index contributed by atoms with van der Waals surface area (Å²) in [6.45, 7) is 9.39. The molecule has 1 aromatic carbocycles. The highest BCUT2D eigenvalue weighted by molar-refractivity contribution is 14.0. The minimum Gasteiger partial charge on any atom is -0.494 e. The average Bonchev–Trinajstić information content (AvgIpc) is 3.35. The second-order valence-corrected chi connectivity index (χ2v) is 8.14. The molecule has 2 aromatic rings. The van der Waals surface area contributed by atoms with E-state index < -0.39 is 0 Å². The van der Waals surface area contributed by atoms with Crippen LogP contribution in [0.1, 0.15) is 31.9 Å². The number of aromatic nitrogens is 2. The zero-order chi connectivity index (χ0) is 22.7. The Kier molecular flexibility index (Phi) is 8.44. The molecule has 1 saturated heterocycles. The van der Waals surface area contributed by atoms with E-state index in [-0.39, 0.29) is 42.5 Å². The number of nitrogens with one attached hydrogen (secondary N) is 1. The number of hydrogen-bond donors (Lipinski definition) is 1. The molecule has 0 bridgehead atoms. The van der Waals surface area contributed by atoms with E-state index >= 15 is 0 Å². The normalized spacial score (nSPS) is 18.0. The minimum absolute atomic E-state index is 0. The van der Waals surface area contributed by atoms with Gasteiger partial charge in [-0.3, -0.25) is 9.48 Å². The third-order valence-electron chi connectivity index (χ3n) is 5.64. The van der Waals surface area contributed by atoms with Crippen molar-refractivity contribution < 1.29 is 14.3 Å². The third kappa shape index (κ3) is 5.71. The van der Waals surface area contributed by atoms with Crippen molar-refractivity contribution in [2.24, 2.45) is 12.0 Å². The third-order valence-corrected chi connectivity index (χ3v) is 5.64. The molecule has 33 heavy (non-hydrogen) atoms. The summed E-state index contributed by atoms with van der Waals surface area (Å²) in [6.07, 6.45) is 4.65. The van der Waals surface area contributed by atoms with Crippen molar-refractivity contribution in [3.05, 3.63) is 35.7 Å². The predicted molar refractivity (Wildman–Crippen MR) is 139 cm³/mol. The maximum Gasteiger partial charge on any atom is 0.246 e. The van der Waals surface area contributed by atoms with E-state index in [1.54, 1.807) is 15.8 Å². The molecule has 1 atom stereocenters. The summed E-state index contributed by atoms with van der Waals surface area (Å²) >= 11 is 0. The van der Waals surface area contributed by atoms with Gasteiger partial charge >= 0.3 is 0 Å². The number of amides is 1. The second kappa shape index (κ2) is 11.1. The predicted octanol–water partition coefficient (Wildman–Crippen LogP) is 2.57. The smallest absolute Gasteiger partial charge is 0.246 e. The van der Waals surface area contributed by atoms with E-state index in [2.05, 4.69) is 23.4 Å². The van der Waals surface area contributed by atoms with E-state index in [1.807, 2.05) is 38.1 Å². The summed E-state index contributed by atoms with van der Waals surface area (Å²) in [7, 11) is 1.85. The Morgan fingerprint density at radius 3 is 2.82 bits per heavy atom. The number of rotatable bonds is 6. The topological polar surface area (TPSA) is 84.2 Å². The largest absolute Gasteiger partial charge is 0.494 e. The summed E-state index contributed by atoms with van der Waals surface area (Å²) in [4.78, 5) is 21.4. The molecular formula is C23H33IN6O3. The number of guanidine groups is 1. The van der Waals surface area contributed by atoms with E-state index in [9.17, 15) is 4.79 Å². The van der Waals surface area contributed by atoms with Crippen molar-refractivity contribution >= 4 is 41.5 Å². The first-order valence-corrected chi connectivity index (χ1v) is 11.3. The number of nitrogens with zero attached hydrogens (tertiary/aromatic N) is 5. The van der Waals surface area contributed by atoms with Crippen molar-refractivity contribution in [3.8, 4) is 11.5 Å². The zero-order valence-corrected chi connectivity index (χ0v) is 22.0. The molecule has 0 spiro atoms. The molecule has 0 saturated carbocycles. The molecule has 1 amide bonds. The van der Waals surface area contributed by atoms with Gasteiger partial charge in [-0.25, -0.2) is 4.99 Å². The molecule has 2 aliphatic heterocycles. The minimum atomic E-state index is 0. The lowest BCUT2D eigenvalue weighted by atomic mass is 10.1. The quantitative estimate of drug-likeness (QED) is 0.328. The summed E-state index contributed by atoms with van der Waals surface area (Å²) in [5.41, 5.74) is 2.99. The molecule has 1 unspecified atom stereocenters. The molecule has 0 aliphatic carbocycles. The Labute approximate surface area is 212 Å². The summed E-state index contributed by atoms with van der Waals surface area (Å²) in [5.74, 6) is 2.52. The Bertz CT molecular complexity index is 1010. The number of piperazine rings is 1. The number of anilines is 1. The number of fused-ring (bicyclic) bond motifs is 1. The van der Waals surface area contributed by atoms with Crippen LogP contribution < -0.4 is 19.7 Å². The lowest BCUT2D eigenvalue weighted by Crippen LogP contribution is -2.55. The average molecular weight is 568 g/mol. The molecule has 2 aliphatic rings. The molecular weight excluding hydrogens is 535 g/mol. The molecule has 1 N–H and O–H groups in total. The summed E-state index contributed by atoms with van der Waals surface area (Å²) in [5, 5.41) is 7.51. The fraction of sp³-hybridized carbons (Fsp3) is 0.522. The fourth-order valence-corrected chi connectivity index (χ4v) is 4.16. The number of hydrogen-bond acceptors (Lipinski definition) is 5. The van der Waals surface area contributed by atoms with Crippen molar-refractivity contribution in [1.29, 1.82) is 0 Å². The number of halogens is 1. The summed E-state index contributed by atoms with van der Waals surface area (Å²) in [6, 6.07) is 4.12. The highest BCUT2D eigenvalue weighted by atomic mass is 127. The van der Waals surface area contributed by atoms with Crippen LogP contribution in [0.5, 0.6) is 11.5 Å². The van der Waals surface area contributed by atoms with Crippen molar-refractivity contribution in [1.82, 2.24) is 20.0 Å². The van der Waals surface area contributed by atoms with Crippen LogP contribution in [0.2, 0.25) is 0 Å². The maximum atomic E-state index is 12.8. The summed E-state index contributed by atoms with van der Waals surface area (Å²) < 4.78 is 13.5. The van der Waals surface area contributed by atoms with Gasteiger partial charge in [0, 0.05) is 50.4 Å². The van der Waals surface area contributed by atoms with Crippen molar-refractivity contribution in [2.75, 3.05) is 37.7 Å². The number of carbonyl (C=O) groups is 1. The van der Waals surface area contributed by atoms with Crippen LogP contribution in [-0.2, 0) is 24.8 Å². The van der Waals surface area contributed by atoms with Gasteiger partial charge in [-0.05, 0) is 32.9 Å². The van der Waals surface area contributed by atoms with E-state index in [4.69, 9.17) is 14.5 Å². The Hall–Kier alpha value is -2.50. The monoisotopic (exact) mass is 568 g/mol. The lowest BCUT2D eigenvalue weighted by Gasteiger charge is -2.35. The van der Waals surface area contributed by atoms with Crippen LogP contribution in [0.25, 0.3) is 0 Å². The van der Waals surface area contributed by atoms with Crippen molar-refractivity contribution in [2.45, 2.75) is 39.8 Å². The number of ether oxygens (including phenoxy) is 2. The first-order valence-electron chi connectivity index (χ1n) is 11.3. The molecule has 10 heteroatoms. The van der Waals surface area contributed by atoms with Crippen LogP contribution in [0, 0.1) is 0 Å². The molecule has 4 rings (SSSR count). The molecule has 9 nitrogen and oxygen atoms in total. The standard InChI is InChI=1S/C23H32N6O3.HI/c1-5-24-23(28-7-8-29(22(30)15-28)19-13-26-27(4)14-19)25-12-18-11-21-17(9-16(3)32-21)10-20(18)31-6-2;/h10-11,13-14,16H,5-9,12,15H2,1-4H3,(H,24,25);1H. The molecule has 0 radical (unpaired) electrons. The van der Waals surface area contributed by atoms with Crippen LogP contribution in [0.15, 0.2) is 29.5 Å². The molecule has 180 valence electrons. The van der Waals surface area contributed by atoms with Gasteiger partial charge in [0.1, 0.15) is 24.1 Å². The SMILES string of the molecule is CCNC(=NCc1cc2c(cc1OCC)CC(C)O2)N1CCN(c2cnn(C)c2)C(=O)C1.I. The van der Waals surface area contributed by atoms with Gasteiger partial charge in [-0.15, -0.1) is 24.0 Å². The van der Waals surface area contributed by atoms with Crippen LogP contribution in [0.3, 0.4) is 0 Å². The van der Waals surface area contributed by atoms with Gasteiger partial charge in [0.25, 0.3) is 0 Å². The first kappa shape index (κ1) is 25.1. The van der Waals surface area contributed by atoms with Gasteiger partial charge in [0.05, 0.1) is 25.0 Å². The number of aliphatic imine (C=N–C) groups is 1. The zero-order valence-electron chi connectivity index (χ0n) is 19.7. The van der Waals surface area contributed by atoms with Gasteiger partial charge in [0.15, 0.2) is 5.96 Å². The molecule has 1 fully saturated rings. The highest BCUT2D eigenvalue weighted by Gasteiger charge is 2.28. The molecule has 3 heterocycles. The van der Waals surface area contributed by atoms with Crippen LogP contribution in [0.4, 0.5) is 5.69 Å². The highest BCUT2D eigenvalue weighted by Crippen LogP contribution is 2.35. The van der Waals surface area contributed by atoms with E-state index in [1.165, 1.54) is 5.56 Å². The van der Waals surface area contributed by atoms with Gasteiger partial charge in [0.2, 0.25) is 5.91 Å². The number of aryl methyl sites for hydroxylation is 1. The second-order valence-electron chi connectivity index (χ2n) is 8.14. The fourth-order valence-electron chi connectivity index (χ4n) is 4.16. The maximum absolute atomic E-state index is 12.8. The van der Waals surface area contributed by atoms with Crippen LogP contribution >= 0.6 is 24.0 Å². The molecule has 1 aromatic heterocycles. The van der Waals surface area contributed by atoms with E-state index in [0.29, 0.717) is 26.2 Å². The van der Waals surface area contributed by atoms with Gasteiger partial charge in [-0.2, -0.15) is 5.10 Å².